The van der Waals surface area contributed by atoms with Crippen LogP contribution in [-0.4, -0.2) is 47.8 Å². The van der Waals surface area contributed by atoms with E-state index in [-0.39, 0.29) is 17.6 Å². The van der Waals surface area contributed by atoms with E-state index < -0.39 is 5.41 Å². The zero-order valence-electron chi connectivity index (χ0n) is 12.8. The van der Waals surface area contributed by atoms with E-state index in [1.807, 2.05) is 4.90 Å². The molecule has 5 heteroatoms. The molecule has 2 fully saturated rings. The number of carbonyl (C=O) groups excluding carboxylic acids is 2. The lowest BCUT2D eigenvalue weighted by atomic mass is 9.63. The van der Waals surface area contributed by atoms with E-state index in [1.54, 1.807) is 24.0 Å². The average Bonchev–Trinajstić information content (AvgIpc) is 2.48. The highest BCUT2D eigenvalue weighted by molar-refractivity contribution is 5.89. The third-order valence-corrected chi connectivity index (χ3v) is 5.03. The van der Waals surface area contributed by atoms with Gasteiger partial charge in [-0.15, -0.1) is 0 Å². The fraction of sp³-hybridized carbons (Fsp3) is 0.529. The van der Waals surface area contributed by atoms with Crippen LogP contribution in [0.4, 0.5) is 4.39 Å². The summed E-state index contributed by atoms with van der Waals surface area (Å²) in [5.74, 6) is -0.0849. The molecule has 4 nitrogen and oxygen atoms in total. The standard InChI is InChI=1S/C17H21FN2O2/c1-13(21)19-9-11-20(12-10-19)16(22)17(7-2-8-17)14-3-5-15(18)6-4-14/h3-6H,2,7-12H2,1H3. The Bertz CT molecular complexity index is 573. The summed E-state index contributed by atoms with van der Waals surface area (Å²) in [5, 5.41) is 0. The van der Waals surface area contributed by atoms with Crippen molar-refractivity contribution in [2.75, 3.05) is 26.2 Å². The van der Waals surface area contributed by atoms with E-state index >= 15 is 0 Å². The van der Waals surface area contributed by atoms with Gasteiger partial charge in [-0.05, 0) is 30.5 Å². The first-order valence-electron chi connectivity index (χ1n) is 7.84. The number of hydrogen-bond donors (Lipinski definition) is 0. The first-order chi connectivity index (χ1) is 10.5. The Kier molecular flexibility index (Phi) is 3.89. The molecule has 0 N–H and O–H groups in total. The molecule has 1 aromatic carbocycles. The monoisotopic (exact) mass is 304 g/mol. The normalized spacial score (nSPS) is 20.5. The Balaban J connectivity index is 1.75. The lowest BCUT2D eigenvalue weighted by Gasteiger charge is -2.46. The van der Waals surface area contributed by atoms with Crippen LogP contribution in [0.15, 0.2) is 24.3 Å². The van der Waals surface area contributed by atoms with Gasteiger partial charge in [-0.25, -0.2) is 4.39 Å². The largest absolute Gasteiger partial charge is 0.339 e. The van der Waals surface area contributed by atoms with E-state index in [0.717, 1.165) is 24.8 Å². The fourth-order valence-corrected chi connectivity index (χ4v) is 3.45. The Labute approximate surface area is 129 Å². The van der Waals surface area contributed by atoms with Gasteiger partial charge in [0.25, 0.3) is 0 Å². The molecule has 118 valence electrons. The Morgan fingerprint density at radius 1 is 1.00 bits per heavy atom. The number of benzene rings is 1. The van der Waals surface area contributed by atoms with Gasteiger partial charge in [0.05, 0.1) is 5.41 Å². The molecule has 0 aromatic heterocycles. The van der Waals surface area contributed by atoms with Gasteiger partial charge in [0.2, 0.25) is 11.8 Å². The van der Waals surface area contributed by atoms with Crippen molar-refractivity contribution in [3.05, 3.63) is 35.6 Å². The van der Waals surface area contributed by atoms with Crippen molar-refractivity contribution >= 4 is 11.8 Å². The third-order valence-electron chi connectivity index (χ3n) is 5.03. The van der Waals surface area contributed by atoms with Gasteiger partial charge in [-0.2, -0.15) is 0 Å². The zero-order chi connectivity index (χ0) is 15.7. The molecule has 3 rings (SSSR count). The van der Waals surface area contributed by atoms with Crippen LogP contribution in [0.1, 0.15) is 31.7 Å². The molecule has 0 radical (unpaired) electrons. The summed E-state index contributed by atoms with van der Waals surface area (Å²) in [5.41, 5.74) is 0.436. The smallest absolute Gasteiger partial charge is 0.233 e. The highest BCUT2D eigenvalue weighted by atomic mass is 19.1. The zero-order valence-corrected chi connectivity index (χ0v) is 12.8. The van der Waals surface area contributed by atoms with Gasteiger partial charge < -0.3 is 9.80 Å². The Hall–Kier alpha value is -1.91. The number of hydrogen-bond acceptors (Lipinski definition) is 2. The van der Waals surface area contributed by atoms with Crippen molar-refractivity contribution < 1.29 is 14.0 Å². The van der Waals surface area contributed by atoms with E-state index in [0.29, 0.717) is 26.2 Å². The maximum absolute atomic E-state index is 13.1. The van der Waals surface area contributed by atoms with Gasteiger partial charge >= 0.3 is 0 Å². The highest BCUT2D eigenvalue weighted by Crippen LogP contribution is 2.45. The lowest BCUT2D eigenvalue weighted by molar-refractivity contribution is -0.145. The molecule has 0 bridgehead atoms. The second kappa shape index (κ2) is 5.71. The van der Waals surface area contributed by atoms with Crippen LogP contribution in [0, 0.1) is 5.82 Å². The molecule has 22 heavy (non-hydrogen) atoms. The summed E-state index contributed by atoms with van der Waals surface area (Å²) in [7, 11) is 0. The molecule has 2 aliphatic rings. The van der Waals surface area contributed by atoms with Crippen molar-refractivity contribution in [2.24, 2.45) is 0 Å². The predicted molar refractivity (Wildman–Crippen MR) is 80.8 cm³/mol. The fourth-order valence-electron chi connectivity index (χ4n) is 3.45. The van der Waals surface area contributed by atoms with Gasteiger partial charge in [-0.1, -0.05) is 18.6 Å². The molecular weight excluding hydrogens is 283 g/mol. The maximum Gasteiger partial charge on any atom is 0.233 e. The molecule has 1 aliphatic carbocycles. The van der Waals surface area contributed by atoms with E-state index in [9.17, 15) is 14.0 Å². The van der Waals surface area contributed by atoms with Crippen molar-refractivity contribution in [2.45, 2.75) is 31.6 Å². The average molecular weight is 304 g/mol. The molecule has 0 spiro atoms. The summed E-state index contributed by atoms with van der Waals surface area (Å²) in [6, 6.07) is 6.32. The van der Waals surface area contributed by atoms with Crippen LogP contribution >= 0.6 is 0 Å². The maximum atomic E-state index is 13.1. The van der Waals surface area contributed by atoms with Crippen molar-refractivity contribution in [3.63, 3.8) is 0 Å². The van der Waals surface area contributed by atoms with E-state index in [4.69, 9.17) is 0 Å². The van der Waals surface area contributed by atoms with Crippen molar-refractivity contribution in [3.8, 4) is 0 Å². The number of amides is 2. The predicted octanol–water partition coefficient (Wildman–Crippen LogP) is 1.94. The van der Waals surface area contributed by atoms with Crippen LogP contribution in [0.25, 0.3) is 0 Å². The van der Waals surface area contributed by atoms with Crippen molar-refractivity contribution in [1.29, 1.82) is 0 Å². The Morgan fingerprint density at radius 3 is 2.00 bits per heavy atom. The van der Waals surface area contributed by atoms with Crippen LogP contribution in [0.3, 0.4) is 0 Å². The number of rotatable bonds is 2. The first kappa shape index (κ1) is 15.0. The molecule has 1 saturated heterocycles. The van der Waals surface area contributed by atoms with Gasteiger partial charge in [0.15, 0.2) is 0 Å². The summed E-state index contributed by atoms with van der Waals surface area (Å²) in [4.78, 5) is 28.0. The van der Waals surface area contributed by atoms with Crippen LogP contribution < -0.4 is 0 Å². The number of nitrogens with zero attached hydrogens (tertiary/aromatic N) is 2. The quantitative estimate of drug-likeness (QED) is 0.838. The highest BCUT2D eigenvalue weighted by Gasteiger charge is 2.48. The summed E-state index contributed by atoms with van der Waals surface area (Å²) in [6.07, 6.45) is 2.67. The summed E-state index contributed by atoms with van der Waals surface area (Å²) >= 11 is 0. The number of carbonyl (C=O) groups is 2. The molecule has 0 atom stereocenters. The number of halogens is 1. The number of piperazine rings is 1. The van der Waals surface area contributed by atoms with Gasteiger partial charge in [0.1, 0.15) is 5.82 Å². The minimum atomic E-state index is -0.480. The third kappa shape index (κ3) is 2.49. The van der Waals surface area contributed by atoms with E-state index in [2.05, 4.69) is 0 Å². The topological polar surface area (TPSA) is 40.6 Å². The summed E-state index contributed by atoms with van der Waals surface area (Å²) in [6.45, 7) is 3.92. The Morgan fingerprint density at radius 2 is 1.55 bits per heavy atom. The minimum Gasteiger partial charge on any atom is -0.339 e. The van der Waals surface area contributed by atoms with Gasteiger partial charge in [-0.3, -0.25) is 9.59 Å². The van der Waals surface area contributed by atoms with E-state index in [1.165, 1.54) is 12.1 Å². The summed E-state index contributed by atoms with van der Waals surface area (Å²) < 4.78 is 13.1. The second-order valence-corrected chi connectivity index (χ2v) is 6.24. The molecule has 1 saturated carbocycles. The molecular formula is C17H21FN2O2. The molecule has 0 unspecified atom stereocenters. The molecule has 2 amide bonds. The van der Waals surface area contributed by atoms with Crippen molar-refractivity contribution in [1.82, 2.24) is 9.80 Å². The van der Waals surface area contributed by atoms with Crippen LogP contribution in [0.5, 0.6) is 0 Å². The van der Waals surface area contributed by atoms with Crippen LogP contribution in [-0.2, 0) is 15.0 Å². The molecule has 1 aliphatic heterocycles. The second-order valence-electron chi connectivity index (χ2n) is 6.24. The molecule has 1 heterocycles. The first-order valence-corrected chi connectivity index (χ1v) is 7.84. The molecule has 1 aromatic rings. The lowest BCUT2D eigenvalue weighted by Crippen LogP contribution is -2.57. The van der Waals surface area contributed by atoms with Crippen LogP contribution in [0.2, 0.25) is 0 Å². The SMILES string of the molecule is CC(=O)N1CCN(C(=O)C2(c3ccc(F)cc3)CCC2)CC1. The van der Waals surface area contributed by atoms with Gasteiger partial charge in [0, 0.05) is 33.1 Å². The minimum absolute atomic E-state index is 0.0593.